The van der Waals surface area contributed by atoms with Gasteiger partial charge < -0.3 is 24.8 Å². The van der Waals surface area contributed by atoms with Gasteiger partial charge in [0.2, 0.25) is 0 Å². The molecule has 168 valence electrons. The van der Waals surface area contributed by atoms with Gasteiger partial charge in [-0.1, -0.05) is 29.8 Å². The van der Waals surface area contributed by atoms with Gasteiger partial charge in [0.15, 0.2) is 18.1 Å². The van der Waals surface area contributed by atoms with E-state index in [9.17, 15) is 4.79 Å². The van der Waals surface area contributed by atoms with Crippen molar-refractivity contribution in [2.45, 2.75) is 20.4 Å². The summed E-state index contributed by atoms with van der Waals surface area (Å²) < 4.78 is 16.9. The number of carbonyl (C=O) groups excluding carboxylic acids is 1. The van der Waals surface area contributed by atoms with E-state index >= 15 is 0 Å². The molecule has 0 saturated carbocycles. The smallest absolute Gasteiger partial charge is 0.262 e. The summed E-state index contributed by atoms with van der Waals surface area (Å²) in [6.45, 7) is 5.27. The molecule has 0 saturated heterocycles. The number of amides is 1. The molecule has 3 aromatic rings. The average molecular weight is 455 g/mol. The molecule has 0 aliphatic heterocycles. The monoisotopic (exact) mass is 454 g/mol. The van der Waals surface area contributed by atoms with Crippen molar-refractivity contribution >= 4 is 28.9 Å². The number of anilines is 2. The minimum Gasteiger partial charge on any atom is -0.494 e. The van der Waals surface area contributed by atoms with E-state index in [4.69, 9.17) is 25.8 Å². The largest absolute Gasteiger partial charge is 0.494 e. The number of para-hydroxylation sites is 1. The summed E-state index contributed by atoms with van der Waals surface area (Å²) in [5.74, 6) is 1.39. The van der Waals surface area contributed by atoms with Crippen LogP contribution in [0, 0.1) is 0 Å². The van der Waals surface area contributed by atoms with Gasteiger partial charge in [-0.15, -0.1) is 0 Å². The van der Waals surface area contributed by atoms with Crippen LogP contribution in [0.5, 0.6) is 17.2 Å². The van der Waals surface area contributed by atoms with Crippen molar-refractivity contribution in [1.82, 2.24) is 0 Å². The lowest BCUT2D eigenvalue weighted by molar-refractivity contribution is -0.118. The minimum absolute atomic E-state index is 0.182. The van der Waals surface area contributed by atoms with Crippen LogP contribution in [0.1, 0.15) is 19.4 Å². The van der Waals surface area contributed by atoms with Gasteiger partial charge in [0.25, 0.3) is 5.91 Å². The summed E-state index contributed by atoms with van der Waals surface area (Å²) in [5.41, 5.74) is 2.59. The first-order valence-corrected chi connectivity index (χ1v) is 10.9. The molecule has 3 rings (SSSR count). The molecule has 0 unspecified atom stereocenters. The predicted molar refractivity (Wildman–Crippen MR) is 128 cm³/mol. The van der Waals surface area contributed by atoms with Crippen LogP contribution in [0.15, 0.2) is 66.7 Å². The van der Waals surface area contributed by atoms with E-state index in [0.717, 1.165) is 17.0 Å². The van der Waals surface area contributed by atoms with Gasteiger partial charge in [0.05, 0.1) is 18.2 Å². The average Bonchev–Trinajstić information content (AvgIpc) is 2.79. The van der Waals surface area contributed by atoms with E-state index in [1.54, 1.807) is 6.07 Å². The van der Waals surface area contributed by atoms with Crippen LogP contribution in [-0.4, -0.2) is 25.7 Å². The Labute approximate surface area is 193 Å². The Morgan fingerprint density at radius 3 is 2.28 bits per heavy atom. The molecule has 0 aromatic heterocycles. The van der Waals surface area contributed by atoms with E-state index in [2.05, 4.69) is 10.6 Å². The molecule has 2 N–H and O–H groups in total. The number of ether oxygens (including phenoxy) is 3. The van der Waals surface area contributed by atoms with Crippen LogP contribution in [0.2, 0.25) is 5.02 Å². The fourth-order valence-electron chi connectivity index (χ4n) is 3.02. The van der Waals surface area contributed by atoms with Crippen molar-refractivity contribution in [3.63, 3.8) is 0 Å². The molecule has 0 atom stereocenters. The van der Waals surface area contributed by atoms with Gasteiger partial charge in [-0.2, -0.15) is 0 Å². The van der Waals surface area contributed by atoms with Gasteiger partial charge in [0, 0.05) is 17.9 Å². The van der Waals surface area contributed by atoms with Gasteiger partial charge in [-0.05, 0) is 67.9 Å². The third-order valence-electron chi connectivity index (χ3n) is 4.44. The number of halogens is 1. The fourth-order valence-corrected chi connectivity index (χ4v) is 3.31. The molecule has 1 amide bonds. The van der Waals surface area contributed by atoms with Crippen molar-refractivity contribution in [3.05, 3.63) is 77.3 Å². The van der Waals surface area contributed by atoms with Crippen molar-refractivity contribution in [2.24, 2.45) is 0 Å². The highest BCUT2D eigenvalue weighted by Crippen LogP contribution is 2.37. The number of rotatable bonds is 11. The Bertz CT molecular complexity index is 1010. The zero-order valence-corrected chi connectivity index (χ0v) is 18.9. The minimum atomic E-state index is -0.282. The normalized spacial score (nSPS) is 10.3. The molecule has 6 nitrogen and oxygen atoms in total. The van der Waals surface area contributed by atoms with Crippen molar-refractivity contribution in [2.75, 3.05) is 30.5 Å². The highest BCUT2D eigenvalue weighted by atomic mass is 35.5. The second-order valence-corrected chi connectivity index (χ2v) is 7.26. The zero-order valence-electron chi connectivity index (χ0n) is 18.2. The third-order valence-corrected chi connectivity index (χ3v) is 4.72. The molecule has 0 aliphatic rings. The van der Waals surface area contributed by atoms with Gasteiger partial charge in [0.1, 0.15) is 5.75 Å². The van der Waals surface area contributed by atoms with Crippen LogP contribution < -0.4 is 24.8 Å². The molecule has 7 heteroatoms. The van der Waals surface area contributed by atoms with Crippen LogP contribution in [0.4, 0.5) is 11.4 Å². The van der Waals surface area contributed by atoms with Crippen molar-refractivity contribution < 1.29 is 19.0 Å². The van der Waals surface area contributed by atoms with Crippen LogP contribution >= 0.6 is 11.6 Å². The topological polar surface area (TPSA) is 68.8 Å². The summed E-state index contributed by atoms with van der Waals surface area (Å²) in [7, 11) is 0. The van der Waals surface area contributed by atoms with Gasteiger partial charge >= 0.3 is 0 Å². The molecule has 0 radical (unpaired) electrons. The maximum Gasteiger partial charge on any atom is 0.262 e. The zero-order chi connectivity index (χ0) is 22.8. The Hall–Kier alpha value is -3.38. The molecule has 0 aliphatic carbocycles. The molecule has 0 spiro atoms. The van der Waals surface area contributed by atoms with E-state index < -0.39 is 0 Å². The van der Waals surface area contributed by atoms with E-state index in [1.165, 1.54) is 0 Å². The quantitative estimate of drug-likeness (QED) is 0.385. The van der Waals surface area contributed by atoms with Crippen LogP contribution in [-0.2, 0) is 11.3 Å². The third kappa shape index (κ3) is 6.82. The lowest BCUT2D eigenvalue weighted by Crippen LogP contribution is -2.20. The van der Waals surface area contributed by atoms with Crippen molar-refractivity contribution in [3.8, 4) is 17.2 Å². The predicted octanol–water partition coefficient (Wildman–Crippen LogP) is 5.77. The van der Waals surface area contributed by atoms with Crippen LogP contribution in [0.25, 0.3) is 0 Å². The number of nitrogens with one attached hydrogen (secondary N) is 2. The highest BCUT2D eigenvalue weighted by molar-refractivity contribution is 6.32. The molecule has 3 aromatic carbocycles. The summed E-state index contributed by atoms with van der Waals surface area (Å²) in [6, 6.07) is 20.6. The van der Waals surface area contributed by atoms with Gasteiger partial charge in [-0.3, -0.25) is 4.79 Å². The fraction of sp³-hybridized carbons (Fsp3) is 0.240. The second kappa shape index (κ2) is 11.9. The number of benzene rings is 3. The maximum atomic E-state index is 12.2. The lowest BCUT2D eigenvalue weighted by Gasteiger charge is -2.16. The number of carbonyl (C=O) groups is 1. The first kappa shape index (κ1) is 23.3. The van der Waals surface area contributed by atoms with E-state index in [1.807, 2.05) is 74.5 Å². The standard InChI is InChI=1S/C25H27ClN2O4/c1-3-30-21-12-10-19(11-13-21)27-16-18-14-22(26)25(23(15-18)31-4-2)32-17-24(29)28-20-8-6-5-7-9-20/h5-15,27H,3-4,16-17H2,1-2H3,(H,28,29). The number of hydrogen-bond donors (Lipinski definition) is 2. The Kier molecular flexibility index (Phi) is 8.63. The molecule has 0 heterocycles. The number of hydrogen-bond acceptors (Lipinski definition) is 5. The molecular formula is C25H27ClN2O4. The van der Waals surface area contributed by atoms with E-state index in [0.29, 0.717) is 42.0 Å². The molecular weight excluding hydrogens is 428 g/mol. The summed E-state index contributed by atoms with van der Waals surface area (Å²) in [6.07, 6.45) is 0. The Morgan fingerprint density at radius 2 is 1.59 bits per heavy atom. The first-order chi connectivity index (χ1) is 15.6. The Morgan fingerprint density at radius 1 is 0.875 bits per heavy atom. The maximum absolute atomic E-state index is 12.2. The van der Waals surface area contributed by atoms with Crippen molar-refractivity contribution in [1.29, 1.82) is 0 Å². The Balaban J connectivity index is 1.63. The lowest BCUT2D eigenvalue weighted by atomic mass is 10.2. The SMILES string of the molecule is CCOc1ccc(NCc2cc(Cl)c(OCC(=O)Nc3ccccc3)c(OCC)c2)cc1. The van der Waals surface area contributed by atoms with Gasteiger partial charge in [-0.25, -0.2) is 0 Å². The second-order valence-electron chi connectivity index (χ2n) is 6.85. The van der Waals surface area contributed by atoms with Crippen LogP contribution in [0.3, 0.4) is 0 Å². The van der Waals surface area contributed by atoms with E-state index in [-0.39, 0.29) is 12.5 Å². The highest BCUT2D eigenvalue weighted by Gasteiger charge is 2.15. The molecule has 32 heavy (non-hydrogen) atoms. The molecule has 0 fully saturated rings. The summed E-state index contributed by atoms with van der Waals surface area (Å²) in [5, 5.41) is 6.51. The summed E-state index contributed by atoms with van der Waals surface area (Å²) >= 11 is 6.47. The summed E-state index contributed by atoms with van der Waals surface area (Å²) in [4.78, 5) is 12.2. The first-order valence-electron chi connectivity index (χ1n) is 10.5. The molecule has 0 bridgehead atoms.